The Morgan fingerprint density at radius 1 is 0.981 bits per heavy atom. The largest absolute Gasteiger partial charge is 0.486 e. The Bertz CT molecular complexity index is 2000. The van der Waals surface area contributed by atoms with Crippen LogP contribution >= 0.6 is 0 Å². The molecule has 0 bridgehead atoms. The van der Waals surface area contributed by atoms with E-state index in [1.54, 1.807) is 18.5 Å². The summed E-state index contributed by atoms with van der Waals surface area (Å²) in [5.41, 5.74) is 0.946. The van der Waals surface area contributed by atoms with E-state index < -0.39 is 14.9 Å². The van der Waals surface area contributed by atoms with E-state index in [9.17, 15) is 18.5 Å². The molecule has 4 aromatic heterocycles. The van der Waals surface area contributed by atoms with Crippen LogP contribution in [0, 0.1) is 10.1 Å². The zero-order valence-electron chi connectivity index (χ0n) is 29.4. The van der Waals surface area contributed by atoms with Gasteiger partial charge in [0.05, 0.1) is 73.0 Å². The van der Waals surface area contributed by atoms with E-state index >= 15 is 0 Å². The molecule has 2 saturated heterocycles. The molecule has 19 heteroatoms. The van der Waals surface area contributed by atoms with Crippen LogP contribution < -0.4 is 24.0 Å². The average molecular weight is 738 g/mol. The summed E-state index contributed by atoms with van der Waals surface area (Å²) in [6, 6.07) is 3.68. The zero-order valence-corrected chi connectivity index (χ0v) is 30.2. The predicted octanol–water partition coefficient (Wildman–Crippen LogP) is 2.75. The molecular formula is C33H43N11O7S. The van der Waals surface area contributed by atoms with E-state index in [1.165, 1.54) is 19.4 Å². The number of sulfonamides is 1. The monoisotopic (exact) mass is 737 g/mol. The molecule has 6 heterocycles. The number of aromatic nitrogens is 6. The van der Waals surface area contributed by atoms with Crippen molar-refractivity contribution in [2.75, 3.05) is 67.2 Å². The van der Waals surface area contributed by atoms with Crippen molar-refractivity contribution in [2.45, 2.75) is 56.9 Å². The Morgan fingerprint density at radius 2 is 1.73 bits per heavy atom. The lowest BCUT2D eigenvalue weighted by Crippen LogP contribution is -2.37. The summed E-state index contributed by atoms with van der Waals surface area (Å²) < 4.78 is 46.6. The quantitative estimate of drug-likeness (QED) is 0.165. The predicted molar refractivity (Wildman–Crippen MR) is 192 cm³/mol. The summed E-state index contributed by atoms with van der Waals surface area (Å²) >= 11 is 0. The fraction of sp³-hybridized carbons (Fsp3) is 0.545. The van der Waals surface area contributed by atoms with Gasteiger partial charge in [-0.15, -0.1) is 4.68 Å². The average Bonchev–Trinajstić information content (AvgIpc) is 3.72. The highest BCUT2D eigenvalue weighted by molar-refractivity contribution is 7.92. The van der Waals surface area contributed by atoms with Crippen LogP contribution in [0.25, 0.3) is 10.9 Å². The van der Waals surface area contributed by atoms with Gasteiger partial charge in [0.25, 0.3) is 0 Å². The normalized spacial score (nSPS) is 21.3. The fourth-order valence-corrected chi connectivity index (χ4v) is 7.79. The van der Waals surface area contributed by atoms with E-state index in [4.69, 9.17) is 19.2 Å². The third kappa shape index (κ3) is 8.10. The maximum absolute atomic E-state index is 13.1. The third-order valence-corrected chi connectivity index (χ3v) is 10.8. The molecule has 52 heavy (non-hydrogen) atoms. The van der Waals surface area contributed by atoms with E-state index in [-0.39, 0.29) is 41.9 Å². The van der Waals surface area contributed by atoms with Gasteiger partial charge in [0.2, 0.25) is 21.9 Å². The van der Waals surface area contributed by atoms with E-state index in [0.717, 1.165) is 60.4 Å². The molecule has 0 radical (unpaired) electrons. The summed E-state index contributed by atoms with van der Waals surface area (Å²) in [6.45, 7) is 4.06. The molecule has 7 rings (SSSR count). The van der Waals surface area contributed by atoms with Gasteiger partial charge >= 0.3 is 5.82 Å². The number of nitrogens with one attached hydrogen (secondary N) is 1. The van der Waals surface area contributed by atoms with Gasteiger partial charge < -0.3 is 39.4 Å². The first kappa shape index (κ1) is 35.5. The van der Waals surface area contributed by atoms with Gasteiger partial charge in [-0.05, 0) is 50.1 Å². The van der Waals surface area contributed by atoms with Crippen molar-refractivity contribution in [3.8, 4) is 11.6 Å². The number of nitro groups is 1. The van der Waals surface area contributed by atoms with Crippen molar-refractivity contribution in [3.63, 3.8) is 0 Å². The highest BCUT2D eigenvalue weighted by Gasteiger charge is 2.29. The molecule has 2 aliphatic heterocycles. The summed E-state index contributed by atoms with van der Waals surface area (Å²) in [5, 5.41) is 19.7. The Kier molecular flexibility index (Phi) is 10.2. The Balaban J connectivity index is 1.09. The van der Waals surface area contributed by atoms with Gasteiger partial charge in [-0.25, -0.2) is 18.4 Å². The number of fused-ring (bicyclic) bond motifs is 1. The number of anilines is 3. The molecule has 1 saturated carbocycles. The van der Waals surface area contributed by atoms with Crippen LogP contribution in [0.2, 0.25) is 0 Å². The second kappa shape index (κ2) is 15.0. The SMILES string of the molecule is CN1CCC(Oc2cnc(NC3CCC(Oc4nc(N5CCOCC5)cc5ncc(N(Cc6cnn(C)c6[N+](=O)[O-])S(C)(=O)=O)cc45)CC3)nc2)C1. The molecule has 278 valence electrons. The maximum Gasteiger partial charge on any atom is 0.349 e. The summed E-state index contributed by atoms with van der Waals surface area (Å²) in [4.78, 5) is 34.1. The second-order valence-corrected chi connectivity index (χ2v) is 15.5. The van der Waals surface area contributed by atoms with E-state index in [1.807, 2.05) is 6.07 Å². The molecule has 18 nitrogen and oxygen atoms in total. The summed E-state index contributed by atoms with van der Waals surface area (Å²) in [5.74, 6) is 1.96. The minimum Gasteiger partial charge on any atom is -0.486 e. The molecule has 3 aliphatic rings. The van der Waals surface area contributed by atoms with Crippen molar-refractivity contribution in [1.29, 1.82) is 0 Å². The van der Waals surface area contributed by atoms with Crippen molar-refractivity contribution in [1.82, 2.24) is 34.6 Å². The first-order chi connectivity index (χ1) is 25.0. The van der Waals surface area contributed by atoms with Crippen LogP contribution in [0.4, 0.5) is 23.3 Å². The van der Waals surface area contributed by atoms with Gasteiger partial charge in [-0.3, -0.25) is 9.29 Å². The van der Waals surface area contributed by atoms with Gasteiger partial charge in [-0.2, -0.15) is 4.98 Å². The van der Waals surface area contributed by atoms with Crippen LogP contribution in [-0.2, 0) is 28.4 Å². The molecule has 0 aromatic carbocycles. The molecule has 1 N–H and O–H groups in total. The number of rotatable bonds is 12. The number of hydrogen-bond acceptors (Lipinski definition) is 15. The molecule has 1 unspecified atom stereocenters. The molecule has 3 fully saturated rings. The molecule has 4 aromatic rings. The summed E-state index contributed by atoms with van der Waals surface area (Å²) in [6.07, 6.45) is 11.3. The molecule has 1 aliphatic carbocycles. The molecular weight excluding hydrogens is 695 g/mol. The Morgan fingerprint density at radius 3 is 2.40 bits per heavy atom. The van der Waals surface area contributed by atoms with Crippen molar-refractivity contribution in [3.05, 3.63) is 52.6 Å². The number of aryl methyl sites for hydroxylation is 1. The Labute approximate surface area is 301 Å². The van der Waals surface area contributed by atoms with Gasteiger partial charge in [-0.1, -0.05) is 5.10 Å². The number of likely N-dealkylation sites (tertiary alicyclic amines) is 1. The number of ether oxygens (including phenoxy) is 3. The lowest BCUT2D eigenvalue weighted by molar-refractivity contribution is -0.393. The van der Waals surface area contributed by atoms with Gasteiger partial charge in [0.1, 0.15) is 25.1 Å². The fourth-order valence-electron chi connectivity index (χ4n) is 6.93. The zero-order chi connectivity index (χ0) is 36.4. The standard InChI is InChI=1S/C33H43N11O7S/c1-40-9-8-26(21-40)50-27-18-35-33(36-19-27)38-23-4-6-25(7-5-23)51-31-28-14-24(17-34-29(28)15-30(39-31)42-10-12-49-13-11-42)43(52(3,47)48)20-22-16-37-41(2)32(22)44(45)46/h14-19,23,25-26H,4-13,20-21H2,1-3H3,(H,35,36,38). The molecule has 0 spiro atoms. The minimum atomic E-state index is -3.90. The molecule has 1 atom stereocenters. The van der Waals surface area contributed by atoms with Crippen molar-refractivity contribution < 1.29 is 27.6 Å². The maximum atomic E-state index is 13.1. The van der Waals surface area contributed by atoms with Crippen molar-refractivity contribution in [2.24, 2.45) is 7.05 Å². The van der Waals surface area contributed by atoms with Crippen LogP contribution in [0.3, 0.4) is 0 Å². The van der Waals surface area contributed by atoms with Crippen LogP contribution in [-0.4, -0.2) is 119 Å². The van der Waals surface area contributed by atoms with Crippen LogP contribution in [0.15, 0.2) is 36.9 Å². The van der Waals surface area contributed by atoms with Crippen LogP contribution in [0.5, 0.6) is 11.6 Å². The van der Waals surface area contributed by atoms with E-state index in [0.29, 0.717) is 60.6 Å². The lowest BCUT2D eigenvalue weighted by Gasteiger charge is -2.31. The number of morpholine rings is 1. The number of likely N-dealkylation sites (N-methyl/N-ethyl adjacent to an activating group) is 1. The second-order valence-electron chi connectivity index (χ2n) is 13.6. The molecule has 0 amide bonds. The van der Waals surface area contributed by atoms with E-state index in [2.05, 4.69) is 42.2 Å². The highest BCUT2D eigenvalue weighted by Crippen LogP contribution is 2.35. The Hall–Kier alpha value is -4.88. The smallest absolute Gasteiger partial charge is 0.349 e. The van der Waals surface area contributed by atoms with Crippen LogP contribution in [0.1, 0.15) is 37.7 Å². The topological polar surface area (TPSA) is 196 Å². The third-order valence-electron chi connectivity index (χ3n) is 9.67. The van der Waals surface area contributed by atoms with Gasteiger partial charge in [0.15, 0.2) is 5.75 Å². The number of nitrogens with zero attached hydrogens (tertiary/aromatic N) is 10. The van der Waals surface area contributed by atoms with Crippen molar-refractivity contribution >= 4 is 44.2 Å². The first-order valence-corrected chi connectivity index (χ1v) is 19.2. The minimum absolute atomic E-state index is 0.146. The lowest BCUT2D eigenvalue weighted by atomic mass is 9.93. The number of hydrogen-bond donors (Lipinski definition) is 1. The highest BCUT2D eigenvalue weighted by atomic mass is 32.2. The number of pyridine rings is 2. The first-order valence-electron chi connectivity index (χ1n) is 17.4. The van der Waals surface area contributed by atoms with Gasteiger partial charge in [0, 0.05) is 38.3 Å². The summed E-state index contributed by atoms with van der Waals surface area (Å²) in [7, 11) is -0.381.